The molecule has 0 aliphatic carbocycles. The van der Waals surface area contributed by atoms with Gasteiger partial charge in [-0.15, -0.1) is 0 Å². The zero-order valence-corrected chi connectivity index (χ0v) is 21.2. The summed E-state index contributed by atoms with van der Waals surface area (Å²) in [6.07, 6.45) is 28.3. The smallest absolute Gasteiger partial charge is 0.220 e. The van der Waals surface area contributed by atoms with Gasteiger partial charge in [-0.05, 0) is 19.3 Å². The van der Waals surface area contributed by atoms with Crippen molar-refractivity contribution >= 4 is 5.91 Å². The zero-order valence-electron chi connectivity index (χ0n) is 21.2. The van der Waals surface area contributed by atoms with E-state index in [0.717, 1.165) is 19.3 Å². The molecule has 4 heteroatoms. The molecule has 0 aromatic carbocycles. The quantitative estimate of drug-likeness (QED) is 0.116. The van der Waals surface area contributed by atoms with E-state index in [-0.39, 0.29) is 12.5 Å². The molecule has 1 amide bonds. The van der Waals surface area contributed by atoms with Crippen LogP contribution in [0.25, 0.3) is 0 Å². The highest BCUT2D eigenvalue weighted by Crippen LogP contribution is 2.11. The fourth-order valence-corrected chi connectivity index (χ4v) is 3.82. The van der Waals surface area contributed by atoms with E-state index < -0.39 is 12.1 Å². The second-order valence-electron chi connectivity index (χ2n) is 9.15. The van der Waals surface area contributed by atoms with Crippen LogP contribution in [0.15, 0.2) is 24.3 Å². The van der Waals surface area contributed by atoms with Crippen molar-refractivity contribution in [2.24, 2.45) is 0 Å². The van der Waals surface area contributed by atoms with Crippen molar-refractivity contribution in [3.8, 4) is 0 Å². The van der Waals surface area contributed by atoms with Crippen LogP contribution < -0.4 is 5.32 Å². The normalized spacial score (nSPS) is 13.8. The summed E-state index contributed by atoms with van der Waals surface area (Å²) in [5, 5.41) is 22.5. The lowest BCUT2D eigenvalue weighted by Crippen LogP contribution is -2.45. The third-order valence-electron chi connectivity index (χ3n) is 5.99. The number of carbonyl (C=O) groups excluding carboxylic acids is 1. The van der Waals surface area contributed by atoms with Gasteiger partial charge in [0.25, 0.3) is 0 Å². The van der Waals surface area contributed by atoms with Crippen molar-refractivity contribution in [1.29, 1.82) is 0 Å². The molecule has 0 radical (unpaired) electrons. The van der Waals surface area contributed by atoms with Crippen LogP contribution in [0.2, 0.25) is 0 Å². The highest BCUT2D eigenvalue weighted by atomic mass is 16.3. The SMILES string of the molecule is CCCCCCCCCCC/C=C/C=C/[C@@H](O)[C@H](CO)NC(=O)CCCCCCCCC. The van der Waals surface area contributed by atoms with Crippen molar-refractivity contribution in [3.63, 3.8) is 0 Å². The predicted octanol–water partition coefficient (Wildman–Crippen LogP) is 7.00. The lowest BCUT2D eigenvalue weighted by atomic mass is 10.1. The Balaban J connectivity index is 3.81. The minimum atomic E-state index is -0.879. The summed E-state index contributed by atoms with van der Waals surface area (Å²) in [7, 11) is 0. The Kier molecular flexibility index (Phi) is 23.6. The van der Waals surface area contributed by atoms with Gasteiger partial charge in [-0.2, -0.15) is 0 Å². The Labute approximate surface area is 199 Å². The van der Waals surface area contributed by atoms with E-state index in [1.165, 1.54) is 89.9 Å². The van der Waals surface area contributed by atoms with E-state index in [1.54, 1.807) is 6.08 Å². The summed E-state index contributed by atoms with van der Waals surface area (Å²) >= 11 is 0. The number of unbranched alkanes of at least 4 members (excludes halogenated alkanes) is 15. The van der Waals surface area contributed by atoms with Gasteiger partial charge in [-0.3, -0.25) is 4.79 Å². The molecular formula is C28H53NO3. The molecule has 0 aromatic rings. The molecule has 0 bridgehead atoms. The largest absolute Gasteiger partial charge is 0.394 e. The molecule has 0 spiro atoms. The molecule has 3 N–H and O–H groups in total. The predicted molar refractivity (Wildman–Crippen MR) is 138 cm³/mol. The van der Waals surface area contributed by atoms with E-state index in [4.69, 9.17) is 0 Å². The third-order valence-corrected chi connectivity index (χ3v) is 5.99. The molecule has 0 rings (SSSR count). The van der Waals surface area contributed by atoms with Crippen LogP contribution >= 0.6 is 0 Å². The summed E-state index contributed by atoms with van der Waals surface area (Å²) in [6.45, 7) is 4.20. The molecule has 0 heterocycles. The summed E-state index contributed by atoms with van der Waals surface area (Å²) in [5.41, 5.74) is 0. The Bertz CT molecular complexity index is 462. The molecule has 188 valence electrons. The Morgan fingerprint density at radius 3 is 1.78 bits per heavy atom. The molecule has 4 nitrogen and oxygen atoms in total. The van der Waals surface area contributed by atoms with Crippen molar-refractivity contribution in [2.45, 2.75) is 142 Å². The van der Waals surface area contributed by atoms with Gasteiger partial charge in [0, 0.05) is 6.42 Å². The topological polar surface area (TPSA) is 69.6 Å². The monoisotopic (exact) mass is 451 g/mol. The Hall–Kier alpha value is -1.13. The second kappa shape index (κ2) is 24.5. The number of aliphatic hydroxyl groups is 2. The van der Waals surface area contributed by atoms with Crippen LogP contribution in [0.5, 0.6) is 0 Å². The first-order valence-corrected chi connectivity index (χ1v) is 13.6. The minimum Gasteiger partial charge on any atom is -0.394 e. The van der Waals surface area contributed by atoms with Crippen molar-refractivity contribution < 1.29 is 15.0 Å². The molecular weight excluding hydrogens is 398 g/mol. The molecule has 2 atom stereocenters. The van der Waals surface area contributed by atoms with Gasteiger partial charge in [0.1, 0.15) is 0 Å². The maximum atomic E-state index is 12.1. The summed E-state index contributed by atoms with van der Waals surface area (Å²) in [5.74, 6) is -0.0917. The number of amides is 1. The number of rotatable bonds is 23. The molecule has 0 fully saturated rings. The van der Waals surface area contributed by atoms with E-state index in [9.17, 15) is 15.0 Å². The van der Waals surface area contributed by atoms with Gasteiger partial charge in [0.2, 0.25) is 5.91 Å². The standard InChI is InChI=1S/C28H53NO3/c1-3-5-7-9-11-12-13-14-15-16-18-19-21-23-27(31)26(25-30)29-28(32)24-22-20-17-10-8-6-4-2/h18-19,21,23,26-27,30-31H,3-17,20,22,24-25H2,1-2H3,(H,29,32)/b19-18+,23-21+/t26-,27+/m0/s1. The average Bonchev–Trinajstić information content (AvgIpc) is 2.79. The molecule has 32 heavy (non-hydrogen) atoms. The number of nitrogens with one attached hydrogen (secondary N) is 1. The van der Waals surface area contributed by atoms with E-state index in [2.05, 4.69) is 25.2 Å². The van der Waals surface area contributed by atoms with Crippen LogP contribution in [0.1, 0.15) is 129 Å². The van der Waals surface area contributed by atoms with E-state index in [1.807, 2.05) is 12.2 Å². The fourth-order valence-electron chi connectivity index (χ4n) is 3.82. The lowest BCUT2D eigenvalue weighted by Gasteiger charge is -2.19. The average molecular weight is 452 g/mol. The van der Waals surface area contributed by atoms with Crippen molar-refractivity contribution in [2.75, 3.05) is 6.61 Å². The number of hydrogen-bond donors (Lipinski definition) is 3. The highest BCUT2D eigenvalue weighted by Gasteiger charge is 2.17. The van der Waals surface area contributed by atoms with Gasteiger partial charge >= 0.3 is 0 Å². The molecule has 0 saturated carbocycles. The van der Waals surface area contributed by atoms with Crippen LogP contribution in [0, 0.1) is 0 Å². The maximum absolute atomic E-state index is 12.1. The first kappa shape index (κ1) is 30.9. The molecule has 0 aromatic heterocycles. The summed E-state index contributed by atoms with van der Waals surface area (Å²) < 4.78 is 0. The van der Waals surface area contributed by atoms with E-state index >= 15 is 0 Å². The minimum absolute atomic E-state index is 0.0917. The number of allylic oxidation sites excluding steroid dienone is 3. The molecule has 0 unspecified atom stereocenters. The van der Waals surface area contributed by atoms with Crippen molar-refractivity contribution in [1.82, 2.24) is 5.32 Å². The highest BCUT2D eigenvalue weighted by molar-refractivity contribution is 5.76. The maximum Gasteiger partial charge on any atom is 0.220 e. The third kappa shape index (κ3) is 20.8. The summed E-state index contributed by atoms with van der Waals surface area (Å²) in [6, 6.07) is -0.644. The number of hydrogen-bond acceptors (Lipinski definition) is 3. The molecule has 0 aliphatic heterocycles. The Morgan fingerprint density at radius 1 is 0.750 bits per heavy atom. The van der Waals surface area contributed by atoms with Gasteiger partial charge < -0.3 is 15.5 Å². The zero-order chi connectivity index (χ0) is 23.7. The van der Waals surface area contributed by atoms with Crippen LogP contribution in [-0.4, -0.2) is 34.9 Å². The fraction of sp³-hybridized carbons (Fsp3) is 0.821. The van der Waals surface area contributed by atoms with Gasteiger partial charge in [-0.1, -0.05) is 128 Å². The lowest BCUT2D eigenvalue weighted by molar-refractivity contribution is -0.123. The molecule has 0 saturated heterocycles. The van der Waals surface area contributed by atoms with Crippen molar-refractivity contribution in [3.05, 3.63) is 24.3 Å². The van der Waals surface area contributed by atoms with Gasteiger partial charge in [0.15, 0.2) is 0 Å². The molecule has 0 aliphatic rings. The number of aliphatic hydroxyl groups excluding tert-OH is 2. The van der Waals surface area contributed by atoms with E-state index in [0.29, 0.717) is 6.42 Å². The van der Waals surface area contributed by atoms with Gasteiger partial charge in [0.05, 0.1) is 18.8 Å². The second-order valence-corrected chi connectivity index (χ2v) is 9.15. The van der Waals surface area contributed by atoms with Crippen LogP contribution in [0.4, 0.5) is 0 Å². The first-order chi connectivity index (χ1) is 15.7. The van der Waals surface area contributed by atoms with Crippen LogP contribution in [0.3, 0.4) is 0 Å². The first-order valence-electron chi connectivity index (χ1n) is 13.6. The number of carbonyl (C=O) groups is 1. The van der Waals surface area contributed by atoms with Gasteiger partial charge in [-0.25, -0.2) is 0 Å². The van der Waals surface area contributed by atoms with Crippen LogP contribution in [-0.2, 0) is 4.79 Å². The Morgan fingerprint density at radius 2 is 1.25 bits per heavy atom. The summed E-state index contributed by atoms with van der Waals surface area (Å²) in [4.78, 5) is 12.1.